The van der Waals surface area contributed by atoms with Crippen LogP contribution in [0.3, 0.4) is 0 Å². The smallest absolute Gasteiger partial charge is 0.265 e. The van der Waals surface area contributed by atoms with Gasteiger partial charge in [0.25, 0.3) is 11.8 Å². The number of nitrogens with zero attached hydrogens (tertiary/aromatic N) is 3. The second kappa shape index (κ2) is 25.1. The summed E-state index contributed by atoms with van der Waals surface area (Å²) in [5, 5.41) is 7.43. The molecule has 8 aromatic heterocycles. The zero-order valence-electron chi connectivity index (χ0n) is 42.7. The van der Waals surface area contributed by atoms with Crippen molar-refractivity contribution in [1.29, 1.82) is 0 Å². The largest absolute Gasteiger partial charge is 0.307 e. The fourth-order valence-corrected chi connectivity index (χ4v) is 23.2. The van der Waals surface area contributed by atoms with Crippen LogP contribution < -0.4 is 5.32 Å². The Kier molecular flexibility index (Phi) is 18.3. The molecule has 9 aromatic rings. The van der Waals surface area contributed by atoms with E-state index >= 15 is 0 Å². The fraction of sp³-hybridized carbons (Fsp3) is 0.298. The molecule has 2 aliphatic heterocycles. The number of hydrogen-bond donors (Lipinski definition) is 1. The SMILES string of the molecule is CCCCC(CC)CSc1c2cc(-c3ccc(-c4ccc(-c5ncc(/C=C6\SC(=S)N(C)C6=O)s5)s4)s3)sc2c(SCC(CC)CCCC)c2cc(-c3ccc(-c4ccc(-c5ncc(/C=C6\SC(=S)NC6=O)s5)s4)s3)sc12. The molecule has 20 heteroatoms. The molecule has 0 saturated carbocycles. The van der Waals surface area contributed by atoms with Crippen molar-refractivity contribution >= 4 is 215 Å². The highest BCUT2D eigenvalue weighted by molar-refractivity contribution is 8.27. The van der Waals surface area contributed by atoms with E-state index in [1.807, 2.05) is 69.9 Å². The first-order valence-electron chi connectivity index (χ1n) is 25.6. The third kappa shape index (κ3) is 12.4. The van der Waals surface area contributed by atoms with Gasteiger partial charge in [0.1, 0.15) is 18.7 Å². The lowest BCUT2D eigenvalue weighted by Gasteiger charge is -2.17. The Morgan fingerprint density at radius 2 is 1.00 bits per heavy atom. The Balaban J connectivity index is 0.925. The maximum Gasteiger partial charge on any atom is 0.265 e. The summed E-state index contributed by atoms with van der Waals surface area (Å²) in [6, 6.07) is 23.1. The Bertz CT molecular complexity index is 3660. The molecule has 1 aromatic carbocycles. The summed E-state index contributed by atoms with van der Waals surface area (Å²) >= 11 is 31.9. The van der Waals surface area contributed by atoms with E-state index in [0.717, 1.165) is 41.0 Å². The van der Waals surface area contributed by atoms with Gasteiger partial charge in [-0.2, -0.15) is 0 Å². The molecule has 6 nitrogen and oxygen atoms in total. The van der Waals surface area contributed by atoms with Gasteiger partial charge in [-0.25, -0.2) is 9.97 Å². The number of thiocarbonyl (C=S) groups is 2. The maximum absolute atomic E-state index is 12.7. The van der Waals surface area contributed by atoms with E-state index in [1.165, 1.54) is 149 Å². The number of aromatic nitrogens is 2. The summed E-state index contributed by atoms with van der Waals surface area (Å²) in [5.41, 5.74) is 0. The van der Waals surface area contributed by atoms with Gasteiger partial charge in [-0.15, -0.1) is 114 Å². The van der Waals surface area contributed by atoms with E-state index in [2.05, 4.69) is 117 Å². The molecule has 2 saturated heterocycles. The maximum atomic E-state index is 12.7. The molecule has 0 spiro atoms. The highest BCUT2D eigenvalue weighted by Crippen LogP contribution is 2.55. The van der Waals surface area contributed by atoms with E-state index in [4.69, 9.17) is 34.4 Å². The minimum Gasteiger partial charge on any atom is -0.307 e. The van der Waals surface area contributed by atoms with Crippen molar-refractivity contribution in [3.8, 4) is 58.8 Å². The van der Waals surface area contributed by atoms with Crippen LogP contribution in [-0.4, -0.2) is 53.9 Å². The molecule has 2 atom stereocenters. The summed E-state index contributed by atoms with van der Waals surface area (Å²) in [6.45, 7) is 9.37. The topological polar surface area (TPSA) is 75.2 Å². The highest BCUT2D eigenvalue weighted by atomic mass is 32.2. The van der Waals surface area contributed by atoms with Gasteiger partial charge in [0.15, 0.2) is 0 Å². The first-order valence-corrected chi connectivity index (χ1v) is 36.5. The average Bonchev–Trinajstić information content (AvgIpc) is 4.31. The third-order valence-electron chi connectivity index (χ3n) is 13.4. The number of carbonyl (C=O) groups excluding carboxylic acids is 2. The van der Waals surface area contributed by atoms with Crippen LogP contribution in [0.4, 0.5) is 0 Å². The minimum absolute atomic E-state index is 0.0592. The van der Waals surface area contributed by atoms with E-state index in [1.54, 1.807) is 52.4 Å². The van der Waals surface area contributed by atoms with Crippen molar-refractivity contribution < 1.29 is 9.59 Å². The first kappa shape index (κ1) is 56.1. The standard InChI is InChI=1S/C57H52N4O2S14/c1-6-10-12-30(8-3)28-66-48-34-24-44(40-16-14-36(70-40)38-18-20-42(72-38)53-58-26-32(68-53)22-46-52(62)60-56(64)76-46)74-50(34)49(67-29-31(9-4)13-11-7-2)35-25-45(75-51(35)48)41-17-15-37(71-41)39-19-21-43(73-39)54-59-27-33(69-54)23-47-55(63)61(5)57(65)77-47/h14-27,30-31H,6-13,28-29H2,1-5H3,(H,60,62,64)/b46-22-,47-23-. The van der Waals surface area contributed by atoms with Crippen LogP contribution in [0, 0.1) is 11.8 Å². The number of thiophene rings is 6. The number of likely N-dealkylation sites (N-methyl/N-ethyl adjacent to an activating group) is 1. The number of thioether (sulfide) groups is 4. The summed E-state index contributed by atoms with van der Waals surface area (Å²) in [5.74, 6) is 3.39. The van der Waals surface area contributed by atoms with Crippen LogP contribution >= 0.6 is 162 Å². The zero-order valence-corrected chi connectivity index (χ0v) is 54.1. The van der Waals surface area contributed by atoms with Gasteiger partial charge >= 0.3 is 0 Å². The van der Waals surface area contributed by atoms with Gasteiger partial charge in [-0.05, 0) is 97.5 Å². The highest BCUT2D eigenvalue weighted by Gasteiger charge is 2.30. The van der Waals surface area contributed by atoms with Gasteiger partial charge in [-0.1, -0.05) is 114 Å². The molecule has 2 fully saturated rings. The van der Waals surface area contributed by atoms with Crippen molar-refractivity contribution in [3.63, 3.8) is 0 Å². The molecule has 0 radical (unpaired) electrons. The molecule has 77 heavy (non-hydrogen) atoms. The van der Waals surface area contributed by atoms with Crippen LogP contribution in [-0.2, 0) is 9.59 Å². The lowest BCUT2D eigenvalue weighted by atomic mass is 10.0. The quantitative estimate of drug-likeness (QED) is 0.0403. The van der Waals surface area contributed by atoms with E-state index in [0.29, 0.717) is 30.3 Å². The Labute approximate surface area is 509 Å². The van der Waals surface area contributed by atoms with Crippen molar-refractivity contribution in [2.75, 3.05) is 18.6 Å². The molecular weight excluding hydrogens is 1220 g/mol. The molecule has 2 aliphatic rings. The molecule has 1 N–H and O–H groups in total. The van der Waals surface area contributed by atoms with Gasteiger partial charge < -0.3 is 5.32 Å². The molecular formula is C57H52N4O2S14. The number of rotatable bonds is 22. The Morgan fingerprint density at radius 1 is 0.571 bits per heavy atom. The zero-order chi connectivity index (χ0) is 53.3. The van der Waals surface area contributed by atoms with Gasteiger partial charge in [0.05, 0.1) is 29.0 Å². The monoisotopic (exact) mass is 1270 g/mol. The van der Waals surface area contributed by atoms with Gasteiger partial charge in [0.2, 0.25) is 0 Å². The lowest BCUT2D eigenvalue weighted by molar-refractivity contribution is -0.121. The molecule has 2 amide bonds. The number of amides is 2. The predicted molar refractivity (Wildman–Crippen MR) is 358 cm³/mol. The normalized spacial score (nSPS) is 16.0. The fourth-order valence-electron chi connectivity index (χ4n) is 8.96. The average molecular weight is 1270 g/mol. The predicted octanol–water partition coefficient (Wildman–Crippen LogP) is 21.2. The van der Waals surface area contributed by atoms with Gasteiger partial charge in [0, 0.05) is 100 Å². The number of carbonyl (C=O) groups is 2. The molecule has 0 bridgehead atoms. The molecule has 11 rings (SSSR count). The van der Waals surface area contributed by atoms with Crippen LogP contribution in [0.15, 0.2) is 92.7 Å². The van der Waals surface area contributed by atoms with Crippen molar-refractivity contribution in [1.82, 2.24) is 20.2 Å². The third-order valence-corrected chi connectivity index (χ3v) is 28.7. The number of fused-ring (bicyclic) bond motifs is 2. The second-order valence-electron chi connectivity index (χ2n) is 18.7. The number of nitrogens with one attached hydrogen (secondary N) is 1. The number of unbranched alkanes of at least 4 members (excludes halogenated alkanes) is 2. The van der Waals surface area contributed by atoms with Gasteiger partial charge in [-0.3, -0.25) is 14.5 Å². The van der Waals surface area contributed by atoms with E-state index in [-0.39, 0.29) is 11.8 Å². The molecule has 2 unspecified atom stereocenters. The summed E-state index contributed by atoms with van der Waals surface area (Å²) < 4.78 is 3.93. The van der Waals surface area contributed by atoms with E-state index in [9.17, 15) is 9.59 Å². The number of thiazole rings is 2. The molecule has 0 aliphatic carbocycles. The summed E-state index contributed by atoms with van der Waals surface area (Å²) in [6.07, 6.45) is 17.4. The van der Waals surface area contributed by atoms with Crippen molar-refractivity contribution in [2.45, 2.75) is 88.9 Å². The second-order valence-corrected chi connectivity index (χ2v) is 32.7. The van der Waals surface area contributed by atoms with E-state index < -0.39 is 0 Å². The van der Waals surface area contributed by atoms with Crippen molar-refractivity contribution in [2.24, 2.45) is 11.8 Å². The number of hydrogen-bond acceptors (Lipinski definition) is 18. The summed E-state index contributed by atoms with van der Waals surface area (Å²) in [4.78, 5) is 54.6. The number of benzene rings is 1. The van der Waals surface area contributed by atoms with Crippen LogP contribution in [0.25, 0.3) is 91.1 Å². The minimum atomic E-state index is -0.147. The molecule has 396 valence electrons. The Morgan fingerprint density at radius 3 is 1.40 bits per heavy atom. The van der Waals surface area contributed by atoms with Crippen LogP contribution in [0.2, 0.25) is 0 Å². The molecule has 10 heterocycles. The summed E-state index contributed by atoms with van der Waals surface area (Å²) in [7, 11) is 1.73. The van der Waals surface area contributed by atoms with Crippen LogP contribution in [0.1, 0.15) is 88.8 Å². The first-order chi connectivity index (χ1) is 37.5. The van der Waals surface area contributed by atoms with Crippen molar-refractivity contribution in [3.05, 3.63) is 92.6 Å². The Hall–Kier alpha value is -2.80. The van der Waals surface area contributed by atoms with Crippen LogP contribution in [0.5, 0.6) is 0 Å². The lowest BCUT2D eigenvalue weighted by Crippen LogP contribution is -2.22.